The summed E-state index contributed by atoms with van der Waals surface area (Å²) in [6.45, 7) is 6.71. The van der Waals surface area contributed by atoms with Crippen molar-refractivity contribution in [3.8, 4) is 0 Å². The Labute approximate surface area is 102 Å². The summed E-state index contributed by atoms with van der Waals surface area (Å²) in [5, 5.41) is 2.23. The van der Waals surface area contributed by atoms with Crippen LogP contribution in [0.5, 0.6) is 0 Å². The Bertz CT molecular complexity index is 321. The first-order valence-electron chi connectivity index (χ1n) is 6.27. The average molecular weight is 238 g/mol. The molecule has 1 atom stereocenters. The monoisotopic (exact) mass is 238 g/mol. The summed E-state index contributed by atoms with van der Waals surface area (Å²) in [6.07, 6.45) is 3.81. The summed E-state index contributed by atoms with van der Waals surface area (Å²) in [6, 6.07) is 2.29. The van der Waals surface area contributed by atoms with Crippen LogP contribution in [0.1, 0.15) is 30.2 Å². The fourth-order valence-electron chi connectivity index (χ4n) is 2.28. The number of nitrogens with two attached hydrogens (primary N) is 1. The zero-order valence-electron chi connectivity index (χ0n) is 10.1. The Morgan fingerprint density at radius 3 is 3.25 bits per heavy atom. The van der Waals surface area contributed by atoms with Crippen molar-refractivity contribution in [3.05, 3.63) is 21.9 Å². The van der Waals surface area contributed by atoms with Crippen LogP contribution >= 0.6 is 11.3 Å². The van der Waals surface area contributed by atoms with E-state index in [1.165, 1.54) is 32.4 Å². The average Bonchev–Trinajstić information content (AvgIpc) is 2.76. The van der Waals surface area contributed by atoms with E-state index >= 15 is 0 Å². The lowest BCUT2D eigenvalue weighted by Gasteiger charge is -2.27. The van der Waals surface area contributed by atoms with Crippen molar-refractivity contribution in [2.45, 2.75) is 32.7 Å². The van der Waals surface area contributed by atoms with Crippen LogP contribution in [-0.4, -0.2) is 24.5 Å². The minimum absolute atomic E-state index is 0.682. The van der Waals surface area contributed by atoms with Gasteiger partial charge in [-0.3, -0.25) is 4.90 Å². The number of hydrogen-bond donors (Lipinski definition) is 1. The Balaban J connectivity index is 1.73. The molecule has 1 unspecified atom stereocenters. The molecule has 1 aromatic rings. The molecule has 0 aliphatic carbocycles. The van der Waals surface area contributed by atoms with Crippen molar-refractivity contribution in [1.29, 1.82) is 0 Å². The standard InChI is InChI=1S/C13H22N2S/c1-11(9-14)3-2-6-15-7-4-13-12(10-15)5-8-16-13/h5,8,11H,2-4,6-7,9-10,14H2,1H3. The van der Waals surface area contributed by atoms with Gasteiger partial charge in [0.05, 0.1) is 0 Å². The summed E-state index contributed by atoms with van der Waals surface area (Å²) in [4.78, 5) is 4.18. The Morgan fingerprint density at radius 1 is 1.56 bits per heavy atom. The number of nitrogens with zero attached hydrogens (tertiary/aromatic N) is 1. The first kappa shape index (κ1) is 12.1. The molecule has 2 rings (SSSR count). The van der Waals surface area contributed by atoms with Crippen molar-refractivity contribution in [3.63, 3.8) is 0 Å². The zero-order valence-corrected chi connectivity index (χ0v) is 10.9. The molecule has 0 saturated carbocycles. The first-order valence-corrected chi connectivity index (χ1v) is 7.15. The van der Waals surface area contributed by atoms with Crippen molar-refractivity contribution in [2.75, 3.05) is 19.6 Å². The third-order valence-electron chi connectivity index (χ3n) is 3.46. The molecule has 90 valence electrons. The highest BCUT2D eigenvalue weighted by molar-refractivity contribution is 7.10. The van der Waals surface area contributed by atoms with Gasteiger partial charge in [0.2, 0.25) is 0 Å². The number of fused-ring (bicyclic) bond motifs is 1. The van der Waals surface area contributed by atoms with Crippen LogP contribution < -0.4 is 5.73 Å². The second kappa shape index (κ2) is 5.80. The smallest absolute Gasteiger partial charge is 0.0244 e. The molecule has 2 N–H and O–H groups in total. The fourth-order valence-corrected chi connectivity index (χ4v) is 3.17. The minimum Gasteiger partial charge on any atom is -0.330 e. The molecule has 1 aromatic heterocycles. The van der Waals surface area contributed by atoms with Crippen molar-refractivity contribution in [2.24, 2.45) is 11.7 Å². The van der Waals surface area contributed by atoms with E-state index in [4.69, 9.17) is 5.73 Å². The summed E-state index contributed by atoms with van der Waals surface area (Å²) in [5.41, 5.74) is 7.19. The van der Waals surface area contributed by atoms with Gasteiger partial charge in [-0.1, -0.05) is 6.92 Å². The molecule has 0 radical (unpaired) electrons. The van der Waals surface area contributed by atoms with Crippen LogP contribution in [0.4, 0.5) is 0 Å². The van der Waals surface area contributed by atoms with Crippen molar-refractivity contribution >= 4 is 11.3 Å². The molecule has 1 aliphatic rings. The van der Waals surface area contributed by atoms with E-state index in [1.54, 1.807) is 10.4 Å². The lowest BCUT2D eigenvalue weighted by molar-refractivity contribution is 0.245. The quantitative estimate of drug-likeness (QED) is 0.854. The molecule has 2 heterocycles. The number of rotatable bonds is 5. The van der Waals surface area contributed by atoms with E-state index in [1.807, 2.05) is 11.3 Å². The van der Waals surface area contributed by atoms with Crippen LogP contribution in [0.3, 0.4) is 0 Å². The highest BCUT2D eigenvalue weighted by Crippen LogP contribution is 2.24. The fraction of sp³-hybridized carbons (Fsp3) is 0.692. The SMILES string of the molecule is CC(CN)CCCN1CCc2sccc2C1. The predicted molar refractivity (Wildman–Crippen MR) is 70.8 cm³/mol. The van der Waals surface area contributed by atoms with Gasteiger partial charge in [0.25, 0.3) is 0 Å². The molecular formula is C13H22N2S. The van der Waals surface area contributed by atoms with E-state index in [2.05, 4.69) is 23.3 Å². The lowest BCUT2D eigenvalue weighted by atomic mass is 10.0. The largest absolute Gasteiger partial charge is 0.330 e. The van der Waals surface area contributed by atoms with Gasteiger partial charge in [-0.25, -0.2) is 0 Å². The van der Waals surface area contributed by atoms with Crippen molar-refractivity contribution < 1.29 is 0 Å². The highest BCUT2D eigenvalue weighted by atomic mass is 32.1. The first-order chi connectivity index (χ1) is 7.79. The van der Waals surface area contributed by atoms with Gasteiger partial charge in [-0.2, -0.15) is 0 Å². The van der Waals surface area contributed by atoms with Crippen LogP contribution in [0.15, 0.2) is 11.4 Å². The van der Waals surface area contributed by atoms with Gasteiger partial charge in [-0.15, -0.1) is 11.3 Å². The second-order valence-corrected chi connectivity index (χ2v) is 5.88. The zero-order chi connectivity index (χ0) is 11.4. The maximum Gasteiger partial charge on any atom is 0.0244 e. The number of hydrogen-bond acceptors (Lipinski definition) is 3. The summed E-state index contributed by atoms with van der Waals surface area (Å²) in [5.74, 6) is 0.682. The molecule has 16 heavy (non-hydrogen) atoms. The molecule has 2 nitrogen and oxygen atoms in total. The predicted octanol–water partition coefficient (Wildman–Crippen LogP) is 2.48. The van der Waals surface area contributed by atoms with Gasteiger partial charge in [-0.05, 0) is 55.3 Å². The lowest BCUT2D eigenvalue weighted by Crippen LogP contribution is -2.30. The molecule has 0 amide bonds. The van der Waals surface area contributed by atoms with Gasteiger partial charge < -0.3 is 5.73 Å². The van der Waals surface area contributed by atoms with Crippen LogP contribution in [0, 0.1) is 5.92 Å². The topological polar surface area (TPSA) is 29.3 Å². The maximum atomic E-state index is 5.63. The third kappa shape index (κ3) is 3.06. The van der Waals surface area contributed by atoms with Gasteiger partial charge >= 0.3 is 0 Å². The molecule has 0 saturated heterocycles. The molecule has 3 heteroatoms. The van der Waals surface area contributed by atoms with Crippen LogP contribution in [0.25, 0.3) is 0 Å². The Kier molecular flexibility index (Phi) is 4.38. The molecule has 0 aromatic carbocycles. The van der Waals surface area contributed by atoms with Gasteiger partial charge in [0.15, 0.2) is 0 Å². The van der Waals surface area contributed by atoms with E-state index in [0.717, 1.165) is 13.1 Å². The molecule has 1 aliphatic heterocycles. The normalized spacial score (nSPS) is 18.4. The summed E-state index contributed by atoms with van der Waals surface area (Å²) in [7, 11) is 0. The van der Waals surface area contributed by atoms with E-state index < -0.39 is 0 Å². The number of thiophene rings is 1. The van der Waals surface area contributed by atoms with E-state index in [9.17, 15) is 0 Å². The minimum atomic E-state index is 0.682. The van der Waals surface area contributed by atoms with Crippen molar-refractivity contribution in [1.82, 2.24) is 4.90 Å². The molecule has 0 fully saturated rings. The maximum absolute atomic E-state index is 5.63. The molecular weight excluding hydrogens is 216 g/mol. The van der Waals surface area contributed by atoms with Crippen LogP contribution in [-0.2, 0) is 13.0 Å². The molecule has 0 spiro atoms. The van der Waals surface area contributed by atoms with Gasteiger partial charge in [0, 0.05) is 18.0 Å². The van der Waals surface area contributed by atoms with E-state index in [0.29, 0.717) is 5.92 Å². The highest BCUT2D eigenvalue weighted by Gasteiger charge is 2.16. The summed E-state index contributed by atoms with van der Waals surface area (Å²) >= 11 is 1.92. The second-order valence-electron chi connectivity index (χ2n) is 4.88. The molecule has 0 bridgehead atoms. The van der Waals surface area contributed by atoms with E-state index in [-0.39, 0.29) is 0 Å². The summed E-state index contributed by atoms with van der Waals surface area (Å²) < 4.78 is 0. The van der Waals surface area contributed by atoms with Gasteiger partial charge in [0.1, 0.15) is 0 Å². The third-order valence-corrected chi connectivity index (χ3v) is 4.48. The Morgan fingerprint density at radius 2 is 2.44 bits per heavy atom. The Hall–Kier alpha value is -0.380. The van der Waals surface area contributed by atoms with Crippen LogP contribution in [0.2, 0.25) is 0 Å².